The van der Waals surface area contributed by atoms with Crippen molar-refractivity contribution in [2.75, 3.05) is 13.1 Å². The van der Waals surface area contributed by atoms with Crippen LogP contribution in [0.4, 0.5) is 8.78 Å². The van der Waals surface area contributed by atoms with Gasteiger partial charge in [-0.05, 0) is 138 Å². The molecule has 4 aromatic heterocycles. The number of amides is 2. The summed E-state index contributed by atoms with van der Waals surface area (Å²) in [4.78, 5) is 57.3. The van der Waals surface area contributed by atoms with Crippen LogP contribution < -0.4 is 15.4 Å². The Morgan fingerprint density at radius 2 is 1.09 bits per heavy atom. The van der Waals surface area contributed by atoms with Crippen LogP contribution >= 0.6 is 11.6 Å². The molecule has 336 valence electrons. The average molecular weight is 903 g/mol. The zero-order valence-electron chi connectivity index (χ0n) is 36.3. The number of benzene rings is 4. The van der Waals surface area contributed by atoms with Gasteiger partial charge in [-0.15, -0.1) is 0 Å². The van der Waals surface area contributed by atoms with Crippen LogP contribution in [0.3, 0.4) is 0 Å². The molecule has 0 aliphatic carbocycles. The van der Waals surface area contributed by atoms with Crippen molar-refractivity contribution >= 4 is 45.5 Å². The molecule has 2 amide bonds. The highest BCUT2D eigenvalue weighted by Gasteiger charge is 2.17. The Morgan fingerprint density at radius 1 is 0.646 bits per heavy atom. The Hall–Kier alpha value is -7.17. The van der Waals surface area contributed by atoms with Crippen molar-refractivity contribution in [1.29, 1.82) is 0 Å². The smallest absolute Gasteiger partial charge is 0.251 e. The van der Waals surface area contributed by atoms with Crippen LogP contribution in [0.25, 0.3) is 44.6 Å². The number of aliphatic hydroxyl groups excluding tert-OH is 1. The first-order valence-electron chi connectivity index (χ1n) is 21.0. The SMILES string of the molecule is CC(C)O.CC(C)Oc1nc2ccc(C(=O)NCCCc3cnc[nH]3)cc2nc1-c1ccc(F)cc1.O=C(NCCCc1cnc[nH]1)c1ccc2nc(Cl)c(-c3ccc(F)cc3)nc2c1. The highest BCUT2D eigenvalue weighted by atomic mass is 35.5. The van der Waals surface area contributed by atoms with Crippen LogP contribution in [0.15, 0.2) is 110 Å². The van der Waals surface area contributed by atoms with Gasteiger partial charge in [0.05, 0.1) is 40.8 Å². The van der Waals surface area contributed by atoms with E-state index in [0.717, 1.165) is 37.1 Å². The minimum atomic E-state index is -0.342. The van der Waals surface area contributed by atoms with Gasteiger partial charge in [0, 0.05) is 65.2 Å². The predicted molar refractivity (Wildman–Crippen MR) is 246 cm³/mol. The fourth-order valence-electron chi connectivity index (χ4n) is 6.25. The van der Waals surface area contributed by atoms with Gasteiger partial charge in [-0.1, -0.05) is 11.6 Å². The first-order chi connectivity index (χ1) is 31.3. The molecular weight excluding hydrogens is 854 g/mol. The topological polar surface area (TPSA) is 197 Å². The van der Waals surface area contributed by atoms with E-state index >= 15 is 0 Å². The lowest BCUT2D eigenvalue weighted by Gasteiger charge is -2.14. The largest absolute Gasteiger partial charge is 0.473 e. The van der Waals surface area contributed by atoms with Gasteiger partial charge in [-0.2, -0.15) is 0 Å². The fraction of sp³-hybridized carbons (Fsp3) is 0.250. The number of nitrogens with one attached hydrogen (secondary N) is 4. The third-order valence-electron chi connectivity index (χ3n) is 9.29. The molecule has 8 rings (SSSR count). The Balaban J connectivity index is 0.000000200. The molecule has 14 nitrogen and oxygen atoms in total. The number of aliphatic hydroxyl groups is 1. The molecule has 0 saturated carbocycles. The lowest BCUT2D eigenvalue weighted by molar-refractivity contribution is 0.0945. The molecule has 0 bridgehead atoms. The Kier molecular flexibility index (Phi) is 16.7. The summed E-state index contributed by atoms with van der Waals surface area (Å²) in [6.45, 7) is 8.34. The summed E-state index contributed by atoms with van der Waals surface area (Å²) in [6.07, 6.45) is 9.77. The van der Waals surface area contributed by atoms with Crippen LogP contribution in [0.5, 0.6) is 5.88 Å². The van der Waals surface area contributed by atoms with Crippen LogP contribution in [0, 0.1) is 11.6 Å². The van der Waals surface area contributed by atoms with Crippen molar-refractivity contribution in [3.8, 4) is 28.4 Å². The molecule has 0 aliphatic heterocycles. The van der Waals surface area contributed by atoms with Gasteiger partial charge in [-0.3, -0.25) is 9.59 Å². The minimum Gasteiger partial charge on any atom is -0.473 e. The number of nitrogens with zero attached hydrogens (tertiary/aromatic N) is 6. The van der Waals surface area contributed by atoms with Crippen molar-refractivity contribution in [2.45, 2.75) is 65.6 Å². The number of hydrogen-bond acceptors (Lipinski definition) is 10. The molecule has 0 aliphatic rings. The molecule has 0 atom stereocenters. The van der Waals surface area contributed by atoms with E-state index in [2.05, 4.69) is 45.5 Å². The zero-order valence-corrected chi connectivity index (χ0v) is 37.0. The number of hydrogen-bond donors (Lipinski definition) is 5. The Labute approximate surface area is 379 Å². The molecule has 8 aromatic rings. The van der Waals surface area contributed by atoms with Gasteiger partial charge >= 0.3 is 0 Å². The van der Waals surface area contributed by atoms with Crippen LogP contribution in [0.1, 0.15) is 72.6 Å². The average Bonchev–Trinajstić information content (AvgIpc) is 4.02. The first kappa shape index (κ1) is 47.3. The van der Waals surface area contributed by atoms with E-state index in [4.69, 9.17) is 26.4 Å². The molecular formula is C48H49ClF2N10O4. The second-order valence-electron chi connectivity index (χ2n) is 15.3. The summed E-state index contributed by atoms with van der Waals surface area (Å²) < 4.78 is 32.4. The normalized spacial score (nSPS) is 10.9. The van der Waals surface area contributed by atoms with E-state index in [1.165, 1.54) is 24.3 Å². The molecule has 65 heavy (non-hydrogen) atoms. The molecule has 0 radical (unpaired) electrons. The maximum absolute atomic E-state index is 13.4. The number of aromatic nitrogens is 8. The first-order valence-corrected chi connectivity index (χ1v) is 21.4. The van der Waals surface area contributed by atoms with Gasteiger partial charge in [0.25, 0.3) is 11.8 Å². The van der Waals surface area contributed by atoms with Crippen LogP contribution in [-0.4, -0.2) is 82.1 Å². The third-order valence-corrected chi connectivity index (χ3v) is 9.55. The second kappa shape index (κ2) is 23.0. The van der Waals surface area contributed by atoms with Crippen LogP contribution in [-0.2, 0) is 12.8 Å². The summed E-state index contributed by atoms with van der Waals surface area (Å²) >= 11 is 6.25. The van der Waals surface area contributed by atoms with Crippen molar-refractivity contribution in [3.63, 3.8) is 0 Å². The van der Waals surface area contributed by atoms with Crippen molar-refractivity contribution < 1.29 is 28.2 Å². The number of carbonyl (C=O) groups is 2. The summed E-state index contributed by atoms with van der Waals surface area (Å²) in [5.74, 6) is -0.665. The van der Waals surface area contributed by atoms with E-state index in [-0.39, 0.29) is 40.8 Å². The lowest BCUT2D eigenvalue weighted by atomic mass is 10.1. The third kappa shape index (κ3) is 13.9. The molecule has 17 heteroatoms. The molecule has 0 unspecified atom stereocenters. The second-order valence-corrected chi connectivity index (χ2v) is 15.7. The number of aryl methyl sites for hydroxylation is 2. The maximum atomic E-state index is 13.4. The summed E-state index contributed by atoms with van der Waals surface area (Å²) in [6, 6.07) is 22.1. The number of aromatic amines is 2. The van der Waals surface area contributed by atoms with E-state index < -0.39 is 0 Å². The highest BCUT2D eigenvalue weighted by molar-refractivity contribution is 6.32. The molecule has 0 spiro atoms. The summed E-state index contributed by atoms with van der Waals surface area (Å²) in [5.41, 5.74) is 7.63. The number of imidazole rings is 2. The predicted octanol–water partition coefficient (Wildman–Crippen LogP) is 8.87. The van der Waals surface area contributed by atoms with Crippen molar-refractivity contribution in [2.24, 2.45) is 0 Å². The lowest BCUT2D eigenvalue weighted by Crippen LogP contribution is -2.24. The van der Waals surface area contributed by atoms with Gasteiger partial charge in [0.1, 0.15) is 23.0 Å². The number of carbonyl (C=O) groups excluding carboxylic acids is 2. The van der Waals surface area contributed by atoms with E-state index in [0.29, 0.717) is 74.7 Å². The zero-order chi connectivity index (χ0) is 46.3. The molecule has 0 fully saturated rings. The molecule has 0 saturated heterocycles. The quantitative estimate of drug-likeness (QED) is 0.0658. The molecule has 5 N–H and O–H groups in total. The van der Waals surface area contributed by atoms with E-state index in [1.54, 1.807) is 99.6 Å². The van der Waals surface area contributed by atoms with Gasteiger partial charge in [0.2, 0.25) is 5.88 Å². The van der Waals surface area contributed by atoms with E-state index in [9.17, 15) is 18.4 Å². The van der Waals surface area contributed by atoms with Gasteiger partial charge in [0.15, 0.2) is 5.15 Å². The monoisotopic (exact) mass is 902 g/mol. The minimum absolute atomic E-state index is 0.104. The molecule has 4 aromatic carbocycles. The van der Waals surface area contributed by atoms with Crippen molar-refractivity contribution in [1.82, 2.24) is 50.5 Å². The maximum Gasteiger partial charge on any atom is 0.251 e. The number of rotatable bonds is 14. The number of ether oxygens (including phenoxy) is 1. The standard InChI is InChI=1S/C24H24FN5O2.C21H17ClFN5O.C3H8O/c1-15(2)32-24-22(16-5-8-18(25)9-6-16)29-21-12-17(7-10-20(21)30-24)23(31)27-11-3-4-19-13-26-14-28-19;22-20-19(13-3-6-15(23)7-4-13)27-18-10-14(5-8-17(18)28-20)21(29)25-9-1-2-16-11-24-12-26-16;1-3(2)4/h5-10,12-15H,3-4,11H2,1-2H3,(H,26,28)(H,27,31);3-8,10-12H,1-2,9H2,(H,24,26)(H,25,29);3-4H,1-2H3. The number of fused-ring (bicyclic) bond motifs is 2. The number of H-pyrrole nitrogens is 2. The van der Waals surface area contributed by atoms with Crippen LogP contribution in [0.2, 0.25) is 5.15 Å². The summed E-state index contributed by atoms with van der Waals surface area (Å²) in [5, 5.41) is 14.1. The Morgan fingerprint density at radius 3 is 1.54 bits per heavy atom. The van der Waals surface area contributed by atoms with Gasteiger partial charge in [-0.25, -0.2) is 38.7 Å². The molecule has 4 heterocycles. The highest BCUT2D eigenvalue weighted by Crippen LogP contribution is 2.31. The fourth-order valence-corrected chi connectivity index (χ4v) is 6.50. The van der Waals surface area contributed by atoms with E-state index in [1.807, 2.05) is 13.8 Å². The van der Waals surface area contributed by atoms with Crippen molar-refractivity contribution in [3.05, 3.63) is 149 Å². The van der Waals surface area contributed by atoms with Gasteiger partial charge < -0.3 is 30.4 Å². The number of halogens is 3. The summed E-state index contributed by atoms with van der Waals surface area (Å²) in [7, 11) is 0. The Bertz CT molecular complexity index is 2790.